The van der Waals surface area contributed by atoms with Crippen LogP contribution in [0.15, 0.2) is 11.1 Å². The molecule has 0 aromatic heterocycles. The van der Waals surface area contributed by atoms with Gasteiger partial charge in [-0.2, -0.15) is 0 Å². The summed E-state index contributed by atoms with van der Waals surface area (Å²) in [5.41, 5.74) is 1.10. The molecule has 0 aliphatic heterocycles. The maximum absolute atomic E-state index is 12.4. The normalized spacial score (nSPS) is 14.8. The van der Waals surface area contributed by atoms with Crippen LogP contribution in [-0.4, -0.2) is 25.2 Å². The molecule has 0 N–H and O–H groups in total. The first-order chi connectivity index (χ1) is 12.4. The van der Waals surface area contributed by atoms with E-state index >= 15 is 0 Å². The van der Waals surface area contributed by atoms with Gasteiger partial charge in [-0.05, 0) is 63.2 Å². The van der Waals surface area contributed by atoms with Crippen molar-refractivity contribution < 1.29 is 19.1 Å². The zero-order valence-corrected chi connectivity index (χ0v) is 17.3. The molecule has 1 aliphatic carbocycles. The van der Waals surface area contributed by atoms with Gasteiger partial charge in [0, 0.05) is 11.1 Å². The lowest BCUT2D eigenvalue weighted by Crippen LogP contribution is -2.20. The van der Waals surface area contributed by atoms with Gasteiger partial charge in [-0.1, -0.05) is 40.5 Å². The van der Waals surface area contributed by atoms with Crippen LogP contribution in [-0.2, 0) is 19.1 Å². The smallest absolute Gasteiger partial charge is 0.334 e. The number of rotatable bonds is 12. The van der Waals surface area contributed by atoms with Crippen LogP contribution >= 0.6 is 0 Å². The van der Waals surface area contributed by atoms with E-state index in [0.717, 1.165) is 51.4 Å². The summed E-state index contributed by atoms with van der Waals surface area (Å²) in [6, 6.07) is 0. The van der Waals surface area contributed by atoms with Crippen molar-refractivity contribution in [3.8, 4) is 0 Å². The van der Waals surface area contributed by atoms with E-state index in [4.69, 9.17) is 9.47 Å². The molecule has 26 heavy (non-hydrogen) atoms. The summed E-state index contributed by atoms with van der Waals surface area (Å²) < 4.78 is 10.8. The highest BCUT2D eigenvalue weighted by atomic mass is 16.5. The van der Waals surface area contributed by atoms with Crippen molar-refractivity contribution in [2.75, 3.05) is 13.2 Å². The molecule has 0 unspecified atom stereocenters. The van der Waals surface area contributed by atoms with Crippen molar-refractivity contribution >= 4 is 11.9 Å². The first-order valence-corrected chi connectivity index (χ1v) is 10.5. The second-order valence-corrected chi connectivity index (χ2v) is 8.22. The Morgan fingerprint density at radius 2 is 1.12 bits per heavy atom. The van der Waals surface area contributed by atoms with E-state index in [0.29, 0.717) is 49.0 Å². The number of hydrogen-bond acceptors (Lipinski definition) is 4. The van der Waals surface area contributed by atoms with Crippen molar-refractivity contribution in [2.24, 2.45) is 11.8 Å². The van der Waals surface area contributed by atoms with E-state index in [2.05, 4.69) is 27.7 Å². The standard InChI is InChI=1S/C22H38O4/c1-17(2)11-7-9-15-25-21(23)19-13-5-6-14-20(19)22(24)26-16-10-8-12-18(3)4/h17-18H,5-16H2,1-4H3. The lowest BCUT2D eigenvalue weighted by molar-refractivity contribution is -0.143. The largest absolute Gasteiger partial charge is 0.462 e. The molecule has 0 bridgehead atoms. The van der Waals surface area contributed by atoms with Crippen LogP contribution in [0.1, 0.15) is 91.9 Å². The van der Waals surface area contributed by atoms with Crippen LogP contribution in [0.3, 0.4) is 0 Å². The highest BCUT2D eigenvalue weighted by Crippen LogP contribution is 2.27. The molecule has 0 spiro atoms. The first-order valence-electron chi connectivity index (χ1n) is 10.5. The molecule has 0 atom stereocenters. The van der Waals surface area contributed by atoms with Gasteiger partial charge in [-0.25, -0.2) is 9.59 Å². The Balaban J connectivity index is 2.44. The molecule has 0 fully saturated rings. The van der Waals surface area contributed by atoms with Crippen molar-refractivity contribution in [1.82, 2.24) is 0 Å². The summed E-state index contributed by atoms with van der Waals surface area (Å²) in [7, 11) is 0. The summed E-state index contributed by atoms with van der Waals surface area (Å²) in [5.74, 6) is 0.712. The zero-order chi connectivity index (χ0) is 19.4. The third-order valence-corrected chi connectivity index (χ3v) is 4.78. The van der Waals surface area contributed by atoms with E-state index in [-0.39, 0.29) is 11.9 Å². The molecular formula is C22H38O4. The summed E-state index contributed by atoms with van der Waals surface area (Å²) in [4.78, 5) is 24.7. The van der Waals surface area contributed by atoms with Crippen LogP contribution < -0.4 is 0 Å². The monoisotopic (exact) mass is 366 g/mol. The van der Waals surface area contributed by atoms with Crippen molar-refractivity contribution in [2.45, 2.75) is 91.9 Å². The van der Waals surface area contributed by atoms with E-state index in [1.54, 1.807) is 0 Å². The van der Waals surface area contributed by atoms with Gasteiger partial charge in [-0.3, -0.25) is 0 Å². The van der Waals surface area contributed by atoms with Gasteiger partial charge >= 0.3 is 11.9 Å². The van der Waals surface area contributed by atoms with Crippen LogP contribution in [0.4, 0.5) is 0 Å². The predicted octanol–water partition coefficient (Wildman–Crippen LogP) is 5.60. The van der Waals surface area contributed by atoms with Gasteiger partial charge < -0.3 is 9.47 Å². The topological polar surface area (TPSA) is 52.6 Å². The molecule has 0 saturated heterocycles. The van der Waals surface area contributed by atoms with E-state index in [1.165, 1.54) is 0 Å². The molecule has 150 valence electrons. The summed E-state index contributed by atoms with van der Waals surface area (Å²) in [5, 5.41) is 0. The molecular weight excluding hydrogens is 328 g/mol. The van der Waals surface area contributed by atoms with Gasteiger partial charge in [-0.15, -0.1) is 0 Å². The van der Waals surface area contributed by atoms with Crippen molar-refractivity contribution in [1.29, 1.82) is 0 Å². The highest BCUT2D eigenvalue weighted by molar-refractivity contribution is 6.00. The molecule has 1 aliphatic rings. The highest BCUT2D eigenvalue weighted by Gasteiger charge is 2.25. The lowest BCUT2D eigenvalue weighted by Gasteiger charge is -2.18. The maximum atomic E-state index is 12.4. The fourth-order valence-corrected chi connectivity index (χ4v) is 3.17. The Labute approximate surface area is 159 Å². The van der Waals surface area contributed by atoms with Gasteiger partial charge in [0.2, 0.25) is 0 Å². The minimum atomic E-state index is -0.319. The Hall–Kier alpha value is -1.32. The summed E-state index contributed by atoms with van der Waals surface area (Å²) >= 11 is 0. The third-order valence-electron chi connectivity index (χ3n) is 4.78. The molecule has 0 radical (unpaired) electrons. The SMILES string of the molecule is CC(C)CCCCOC(=O)C1=C(C(=O)OCCCCC(C)C)CCCC1. The Bertz CT molecular complexity index is 421. The van der Waals surface area contributed by atoms with Crippen LogP contribution in [0.2, 0.25) is 0 Å². The molecule has 0 aromatic carbocycles. The average molecular weight is 367 g/mol. The number of carbonyl (C=O) groups excluding carboxylic acids is 2. The maximum Gasteiger partial charge on any atom is 0.334 e. The van der Waals surface area contributed by atoms with E-state index < -0.39 is 0 Å². The molecule has 4 heteroatoms. The molecule has 0 saturated carbocycles. The van der Waals surface area contributed by atoms with Crippen molar-refractivity contribution in [3.05, 3.63) is 11.1 Å². The van der Waals surface area contributed by atoms with Gasteiger partial charge in [0.15, 0.2) is 0 Å². The van der Waals surface area contributed by atoms with Crippen LogP contribution in [0, 0.1) is 11.8 Å². The average Bonchev–Trinajstić information content (AvgIpc) is 2.60. The quantitative estimate of drug-likeness (QED) is 0.333. The van der Waals surface area contributed by atoms with E-state index in [1.807, 2.05) is 0 Å². The Morgan fingerprint density at radius 1 is 0.731 bits per heavy atom. The number of carbonyl (C=O) groups is 2. The number of ether oxygens (including phenoxy) is 2. The van der Waals surface area contributed by atoms with Gasteiger partial charge in [0.25, 0.3) is 0 Å². The number of esters is 2. The predicted molar refractivity (Wildman–Crippen MR) is 105 cm³/mol. The van der Waals surface area contributed by atoms with Gasteiger partial charge in [0.05, 0.1) is 13.2 Å². The summed E-state index contributed by atoms with van der Waals surface area (Å²) in [6.45, 7) is 9.65. The summed E-state index contributed by atoms with van der Waals surface area (Å²) in [6.07, 6.45) is 9.31. The minimum absolute atomic E-state index is 0.319. The molecule has 0 aromatic rings. The van der Waals surface area contributed by atoms with Crippen molar-refractivity contribution in [3.63, 3.8) is 0 Å². The lowest BCUT2D eigenvalue weighted by atomic mass is 9.91. The van der Waals surface area contributed by atoms with E-state index in [9.17, 15) is 9.59 Å². The fourth-order valence-electron chi connectivity index (χ4n) is 3.17. The van der Waals surface area contributed by atoms with Crippen LogP contribution in [0.5, 0.6) is 0 Å². The Kier molecular flexibility index (Phi) is 11.3. The molecule has 4 nitrogen and oxygen atoms in total. The molecule has 0 amide bonds. The van der Waals surface area contributed by atoms with Crippen LogP contribution in [0.25, 0.3) is 0 Å². The first kappa shape index (κ1) is 22.7. The fraction of sp³-hybridized carbons (Fsp3) is 0.818. The second kappa shape index (κ2) is 12.9. The Morgan fingerprint density at radius 3 is 1.46 bits per heavy atom. The minimum Gasteiger partial charge on any atom is -0.462 e. The number of unbranched alkanes of at least 4 members (excludes halogenated alkanes) is 2. The second-order valence-electron chi connectivity index (χ2n) is 8.22. The number of hydrogen-bond donors (Lipinski definition) is 0. The molecule has 1 rings (SSSR count). The zero-order valence-electron chi connectivity index (χ0n) is 17.3. The third kappa shape index (κ3) is 9.40. The molecule has 0 heterocycles. The van der Waals surface area contributed by atoms with Gasteiger partial charge in [0.1, 0.15) is 0 Å².